The largest absolute Gasteiger partial charge is 0.361 e. The monoisotopic (exact) mass is 461 g/mol. The number of carbonyl (C=O) groups excluding carboxylic acids is 1. The molecule has 0 aliphatic heterocycles. The third kappa shape index (κ3) is 5.26. The number of fused-ring (bicyclic) bond motifs is 1. The Labute approximate surface area is 194 Å². The average Bonchev–Trinajstić information content (AvgIpc) is 3.23. The van der Waals surface area contributed by atoms with Crippen molar-refractivity contribution in [2.75, 3.05) is 17.4 Å². The van der Waals surface area contributed by atoms with Gasteiger partial charge in [0.15, 0.2) is 0 Å². The molecule has 0 saturated carbocycles. The van der Waals surface area contributed by atoms with Gasteiger partial charge in [-0.3, -0.25) is 9.10 Å². The van der Waals surface area contributed by atoms with Crippen LogP contribution in [0.5, 0.6) is 0 Å². The Balaban J connectivity index is 1.41. The number of hydrogen-bond acceptors (Lipinski definition) is 3. The number of H-pyrrole nitrogens is 1. The molecule has 0 atom stereocenters. The highest BCUT2D eigenvalue weighted by atomic mass is 32.2. The molecule has 0 aliphatic carbocycles. The number of carbonyl (C=O) groups is 1. The highest BCUT2D eigenvalue weighted by molar-refractivity contribution is 7.92. The molecule has 0 saturated heterocycles. The van der Waals surface area contributed by atoms with E-state index in [9.17, 15) is 13.2 Å². The second-order valence-corrected chi connectivity index (χ2v) is 9.80. The van der Waals surface area contributed by atoms with Gasteiger partial charge >= 0.3 is 0 Å². The third-order valence-electron chi connectivity index (χ3n) is 5.59. The van der Waals surface area contributed by atoms with E-state index in [1.807, 2.05) is 37.4 Å². The number of hydrogen-bond donors (Lipinski definition) is 2. The number of benzene rings is 3. The lowest BCUT2D eigenvalue weighted by atomic mass is 10.1. The van der Waals surface area contributed by atoms with Crippen LogP contribution in [0.2, 0.25) is 0 Å². The van der Waals surface area contributed by atoms with Crippen molar-refractivity contribution >= 4 is 32.5 Å². The molecule has 2 N–H and O–H groups in total. The molecule has 0 bridgehead atoms. The summed E-state index contributed by atoms with van der Waals surface area (Å²) < 4.78 is 28.0. The molecular formula is C26H27N3O3S. The van der Waals surface area contributed by atoms with Gasteiger partial charge in [-0.2, -0.15) is 0 Å². The maximum Gasteiger partial charge on any atom is 0.264 e. The number of anilines is 1. The van der Waals surface area contributed by atoms with Crippen LogP contribution in [0.3, 0.4) is 0 Å². The molecule has 4 aromatic rings. The molecule has 0 aliphatic rings. The van der Waals surface area contributed by atoms with E-state index in [0.717, 1.165) is 22.0 Å². The molecule has 1 heterocycles. The molecular weight excluding hydrogens is 434 g/mol. The summed E-state index contributed by atoms with van der Waals surface area (Å²) in [4.78, 5) is 16.0. The first-order chi connectivity index (χ1) is 15.9. The summed E-state index contributed by atoms with van der Waals surface area (Å²) in [7, 11) is -3.80. The number of amides is 1. The molecule has 4 rings (SSSR count). The Morgan fingerprint density at radius 1 is 0.939 bits per heavy atom. The Bertz CT molecular complexity index is 1330. The first-order valence-electron chi connectivity index (χ1n) is 10.9. The van der Waals surface area contributed by atoms with E-state index >= 15 is 0 Å². The van der Waals surface area contributed by atoms with Crippen LogP contribution >= 0.6 is 0 Å². The molecule has 7 heteroatoms. The van der Waals surface area contributed by atoms with Crippen molar-refractivity contribution in [2.45, 2.75) is 24.7 Å². The fourth-order valence-corrected chi connectivity index (χ4v) is 5.25. The number of sulfonamides is 1. The van der Waals surface area contributed by atoms with Gasteiger partial charge in [-0.25, -0.2) is 8.42 Å². The second-order valence-electron chi connectivity index (χ2n) is 7.94. The minimum absolute atomic E-state index is 0.0547. The summed E-state index contributed by atoms with van der Waals surface area (Å²) >= 11 is 0. The topological polar surface area (TPSA) is 82.3 Å². The van der Waals surface area contributed by atoms with Gasteiger partial charge in [0.05, 0.1) is 10.6 Å². The fraction of sp³-hybridized carbons (Fsp3) is 0.192. The molecule has 0 unspecified atom stereocenters. The van der Waals surface area contributed by atoms with Crippen LogP contribution in [-0.2, 0) is 21.2 Å². The molecule has 1 amide bonds. The van der Waals surface area contributed by atoms with Crippen LogP contribution in [0.1, 0.15) is 17.5 Å². The lowest BCUT2D eigenvalue weighted by Gasteiger charge is -2.24. The zero-order valence-electron chi connectivity index (χ0n) is 18.5. The van der Waals surface area contributed by atoms with Crippen LogP contribution in [0.15, 0.2) is 90.0 Å². The van der Waals surface area contributed by atoms with Gasteiger partial charge in [0, 0.05) is 36.6 Å². The average molecular weight is 462 g/mol. The van der Waals surface area contributed by atoms with Gasteiger partial charge in [-0.05, 0) is 49.2 Å². The number of aromatic nitrogens is 1. The minimum Gasteiger partial charge on any atom is -0.361 e. The maximum absolute atomic E-state index is 13.3. The summed E-state index contributed by atoms with van der Waals surface area (Å²) in [5.74, 6) is -0.185. The molecule has 3 aromatic carbocycles. The van der Waals surface area contributed by atoms with E-state index < -0.39 is 10.0 Å². The standard InChI is InChI=1S/C26H27N3O3S/c1-20-11-13-23(14-12-20)33(31,32)29(22-7-3-2-4-8-22)18-16-26(30)27-17-15-21-19-28-25-10-6-5-9-24(21)25/h2-14,19,28H,15-18H2,1H3,(H,27,30). The van der Waals surface area contributed by atoms with Crippen LogP contribution < -0.4 is 9.62 Å². The molecule has 6 nitrogen and oxygen atoms in total. The predicted molar refractivity (Wildman–Crippen MR) is 132 cm³/mol. The van der Waals surface area contributed by atoms with E-state index in [0.29, 0.717) is 18.7 Å². The molecule has 0 spiro atoms. The van der Waals surface area contributed by atoms with Crippen LogP contribution in [0.4, 0.5) is 5.69 Å². The van der Waals surface area contributed by atoms with E-state index in [1.54, 1.807) is 48.5 Å². The normalized spacial score (nSPS) is 11.4. The van der Waals surface area contributed by atoms with Gasteiger partial charge < -0.3 is 10.3 Å². The van der Waals surface area contributed by atoms with Crippen molar-refractivity contribution < 1.29 is 13.2 Å². The smallest absolute Gasteiger partial charge is 0.264 e. The zero-order valence-corrected chi connectivity index (χ0v) is 19.3. The Morgan fingerprint density at radius 3 is 2.39 bits per heavy atom. The van der Waals surface area contributed by atoms with Crippen LogP contribution in [0, 0.1) is 6.92 Å². The number of nitrogens with zero attached hydrogens (tertiary/aromatic N) is 1. The second kappa shape index (κ2) is 9.92. The van der Waals surface area contributed by atoms with Crippen molar-refractivity contribution in [3.63, 3.8) is 0 Å². The first kappa shape index (κ1) is 22.6. The lowest BCUT2D eigenvalue weighted by Crippen LogP contribution is -2.35. The number of rotatable bonds is 9. The third-order valence-corrected chi connectivity index (χ3v) is 7.43. The summed E-state index contributed by atoms with van der Waals surface area (Å²) in [5.41, 5.74) is 3.72. The van der Waals surface area contributed by atoms with Crippen molar-refractivity contribution in [3.05, 3.63) is 96.2 Å². The zero-order chi connectivity index (χ0) is 23.3. The summed E-state index contributed by atoms with van der Waals surface area (Å²) in [6.45, 7) is 2.45. The number of aryl methyl sites for hydroxylation is 1. The minimum atomic E-state index is -3.80. The summed E-state index contributed by atoms with van der Waals surface area (Å²) in [5, 5.41) is 4.06. The quantitative estimate of drug-likeness (QED) is 0.387. The van der Waals surface area contributed by atoms with E-state index in [1.165, 1.54) is 4.31 Å². The van der Waals surface area contributed by atoms with Gasteiger partial charge in [0.25, 0.3) is 10.0 Å². The van der Waals surface area contributed by atoms with Crippen molar-refractivity contribution in [1.29, 1.82) is 0 Å². The number of nitrogens with one attached hydrogen (secondary N) is 2. The molecule has 0 fully saturated rings. The van der Waals surface area contributed by atoms with Crippen molar-refractivity contribution in [1.82, 2.24) is 10.3 Å². The first-order valence-corrected chi connectivity index (χ1v) is 12.4. The van der Waals surface area contributed by atoms with Gasteiger partial charge in [0.1, 0.15) is 0 Å². The highest BCUT2D eigenvalue weighted by Gasteiger charge is 2.25. The number of aromatic amines is 1. The van der Waals surface area contributed by atoms with Crippen LogP contribution in [-0.4, -0.2) is 32.4 Å². The fourth-order valence-electron chi connectivity index (χ4n) is 3.79. The Kier molecular flexibility index (Phi) is 6.79. The SMILES string of the molecule is Cc1ccc(S(=O)(=O)N(CCC(=O)NCCc2c[nH]c3ccccc23)c2ccccc2)cc1. The highest BCUT2D eigenvalue weighted by Crippen LogP contribution is 2.24. The Hall–Kier alpha value is -3.58. The lowest BCUT2D eigenvalue weighted by molar-refractivity contribution is -0.120. The van der Waals surface area contributed by atoms with Crippen LogP contribution in [0.25, 0.3) is 10.9 Å². The van der Waals surface area contributed by atoms with Crippen molar-refractivity contribution in [3.8, 4) is 0 Å². The molecule has 1 aromatic heterocycles. The van der Waals surface area contributed by atoms with Crippen molar-refractivity contribution in [2.24, 2.45) is 0 Å². The van der Waals surface area contributed by atoms with Gasteiger partial charge in [-0.15, -0.1) is 0 Å². The molecule has 170 valence electrons. The summed E-state index contributed by atoms with van der Waals surface area (Å²) in [6, 6.07) is 23.7. The van der Waals surface area contributed by atoms with Gasteiger partial charge in [-0.1, -0.05) is 54.1 Å². The molecule has 0 radical (unpaired) electrons. The number of para-hydroxylation sites is 2. The maximum atomic E-state index is 13.3. The van der Waals surface area contributed by atoms with Gasteiger partial charge in [0.2, 0.25) is 5.91 Å². The van der Waals surface area contributed by atoms with E-state index in [4.69, 9.17) is 0 Å². The summed E-state index contributed by atoms with van der Waals surface area (Å²) in [6.07, 6.45) is 2.72. The Morgan fingerprint density at radius 2 is 1.64 bits per heavy atom. The van der Waals surface area contributed by atoms with E-state index in [2.05, 4.69) is 16.4 Å². The predicted octanol–water partition coefficient (Wildman–Crippen LogP) is 4.42. The van der Waals surface area contributed by atoms with E-state index in [-0.39, 0.29) is 23.8 Å². The molecule has 33 heavy (non-hydrogen) atoms.